The summed E-state index contributed by atoms with van der Waals surface area (Å²) in [5.41, 5.74) is -1.98. The van der Waals surface area contributed by atoms with E-state index in [0.29, 0.717) is 25.2 Å². The summed E-state index contributed by atoms with van der Waals surface area (Å²) in [5, 5.41) is 5.23. The molecule has 0 aliphatic carbocycles. The van der Waals surface area contributed by atoms with Crippen molar-refractivity contribution in [1.82, 2.24) is 5.32 Å². The Bertz CT molecular complexity index is 541. The number of benzene rings is 1. The second-order valence-electron chi connectivity index (χ2n) is 5.08. The van der Waals surface area contributed by atoms with Crippen LogP contribution in [0.15, 0.2) is 18.2 Å². The van der Waals surface area contributed by atoms with E-state index in [1.54, 1.807) is 0 Å². The first-order valence-corrected chi connectivity index (χ1v) is 6.21. The van der Waals surface area contributed by atoms with E-state index in [-0.39, 0.29) is 12.3 Å². The number of carbonyl (C=O) groups is 1. The quantitative estimate of drug-likeness (QED) is 0.838. The van der Waals surface area contributed by atoms with Gasteiger partial charge >= 0.3 is 6.18 Å². The van der Waals surface area contributed by atoms with E-state index in [1.807, 2.05) is 6.92 Å². The normalized spacial score (nSPS) is 17.2. The van der Waals surface area contributed by atoms with Crippen LogP contribution in [0.4, 0.5) is 23.2 Å². The summed E-state index contributed by atoms with van der Waals surface area (Å²) in [6.07, 6.45) is -4.81. The average Bonchev–Trinajstić information content (AvgIpc) is 2.35. The number of nitrogens with one attached hydrogen (secondary N) is 2. The summed E-state index contributed by atoms with van der Waals surface area (Å²) in [6.45, 7) is 2.75. The summed E-state index contributed by atoms with van der Waals surface area (Å²) < 4.78 is 56.1. The van der Waals surface area contributed by atoms with Crippen LogP contribution < -0.4 is 10.6 Å². The lowest BCUT2D eigenvalue weighted by Crippen LogP contribution is -2.59. The lowest BCUT2D eigenvalue weighted by Gasteiger charge is -2.38. The SMILES string of the molecule is CC1(OCC(=O)Nc2ccc(F)c(C(F)(F)F)c2)CNC1. The number of alkyl halides is 3. The van der Waals surface area contributed by atoms with Crippen LogP contribution in [0.5, 0.6) is 0 Å². The van der Waals surface area contributed by atoms with Gasteiger partial charge in [0.1, 0.15) is 12.4 Å². The molecule has 0 saturated carbocycles. The first-order valence-electron chi connectivity index (χ1n) is 6.21. The summed E-state index contributed by atoms with van der Waals surface area (Å²) in [6, 6.07) is 2.28. The van der Waals surface area contributed by atoms with Crippen molar-refractivity contribution < 1.29 is 27.1 Å². The van der Waals surface area contributed by atoms with Crippen LogP contribution in [-0.4, -0.2) is 31.2 Å². The van der Waals surface area contributed by atoms with Crippen LogP contribution >= 0.6 is 0 Å². The van der Waals surface area contributed by atoms with Gasteiger partial charge in [0, 0.05) is 18.8 Å². The number of carbonyl (C=O) groups excluding carboxylic acids is 1. The fourth-order valence-corrected chi connectivity index (χ4v) is 1.84. The number of hydrogen-bond donors (Lipinski definition) is 2. The lowest BCUT2D eigenvalue weighted by molar-refractivity contribution is -0.140. The Morgan fingerprint density at radius 1 is 1.43 bits per heavy atom. The van der Waals surface area contributed by atoms with Crippen molar-refractivity contribution in [3.8, 4) is 0 Å². The molecule has 0 aromatic heterocycles. The Morgan fingerprint density at radius 2 is 2.10 bits per heavy atom. The number of ether oxygens (including phenoxy) is 1. The van der Waals surface area contributed by atoms with E-state index < -0.39 is 29.1 Å². The molecule has 116 valence electrons. The molecule has 1 aliphatic rings. The molecule has 0 unspecified atom stereocenters. The highest BCUT2D eigenvalue weighted by Gasteiger charge is 2.35. The van der Waals surface area contributed by atoms with Crippen molar-refractivity contribution in [2.45, 2.75) is 18.7 Å². The number of amides is 1. The van der Waals surface area contributed by atoms with Crippen LogP contribution in [0, 0.1) is 5.82 Å². The highest BCUT2D eigenvalue weighted by Crippen LogP contribution is 2.33. The minimum Gasteiger partial charge on any atom is -0.363 e. The molecule has 1 aromatic carbocycles. The van der Waals surface area contributed by atoms with Gasteiger partial charge in [-0.2, -0.15) is 13.2 Å². The molecule has 0 atom stereocenters. The van der Waals surface area contributed by atoms with E-state index in [1.165, 1.54) is 0 Å². The van der Waals surface area contributed by atoms with Crippen LogP contribution in [0.1, 0.15) is 12.5 Å². The predicted octanol–water partition coefficient (Wildman–Crippen LogP) is 2.16. The Balaban J connectivity index is 1.97. The zero-order valence-electron chi connectivity index (χ0n) is 11.2. The Hall–Kier alpha value is -1.67. The lowest BCUT2D eigenvalue weighted by atomic mass is 10.0. The Kier molecular flexibility index (Phi) is 4.20. The van der Waals surface area contributed by atoms with Crippen LogP contribution in [0.3, 0.4) is 0 Å². The summed E-state index contributed by atoms with van der Waals surface area (Å²) in [7, 11) is 0. The number of anilines is 1. The second-order valence-corrected chi connectivity index (χ2v) is 5.08. The van der Waals surface area contributed by atoms with Crippen LogP contribution in [0.25, 0.3) is 0 Å². The third kappa shape index (κ3) is 3.92. The zero-order chi connectivity index (χ0) is 15.7. The largest absolute Gasteiger partial charge is 0.419 e. The van der Waals surface area contributed by atoms with Gasteiger partial charge in [-0.3, -0.25) is 4.79 Å². The molecule has 4 nitrogen and oxygen atoms in total. The van der Waals surface area contributed by atoms with Crippen LogP contribution in [0.2, 0.25) is 0 Å². The first-order chi connectivity index (χ1) is 9.70. The third-order valence-electron chi connectivity index (χ3n) is 3.11. The molecule has 1 aromatic rings. The van der Waals surface area contributed by atoms with Gasteiger partial charge in [0.2, 0.25) is 5.91 Å². The highest BCUT2D eigenvalue weighted by atomic mass is 19.4. The predicted molar refractivity (Wildman–Crippen MR) is 67.3 cm³/mol. The van der Waals surface area contributed by atoms with E-state index in [2.05, 4.69) is 10.6 Å². The van der Waals surface area contributed by atoms with Gasteiger partial charge in [-0.25, -0.2) is 4.39 Å². The molecule has 8 heteroatoms. The van der Waals surface area contributed by atoms with Crippen molar-refractivity contribution in [3.63, 3.8) is 0 Å². The maximum absolute atomic E-state index is 13.1. The van der Waals surface area contributed by atoms with Crippen molar-refractivity contribution in [3.05, 3.63) is 29.6 Å². The van der Waals surface area contributed by atoms with Gasteiger partial charge in [0.15, 0.2) is 0 Å². The first kappa shape index (κ1) is 15.7. The number of hydrogen-bond acceptors (Lipinski definition) is 3. The number of rotatable bonds is 4. The van der Waals surface area contributed by atoms with Gasteiger partial charge in [-0.05, 0) is 25.1 Å². The van der Waals surface area contributed by atoms with Gasteiger partial charge in [0.25, 0.3) is 0 Å². The summed E-state index contributed by atoms with van der Waals surface area (Å²) >= 11 is 0. The van der Waals surface area contributed by atoms with Gasteiger partial charge < -0.3 is 15.4 Å². The molecule has 1 aliphatic heterocycles. The highest BCUT2D eigenvalue weighted by molar-refractivity contribution is 5.91. The Morgan fingerprint density at radius 3 is 2.62 bits per heavy atom. The molecule has 1 heterocycles. The van der Waals surface area contributed by atoms with Gasteiger partial charge in [-0.15, -0.1) is 0 Å². The van der Waals surface area contributed by atoms with E-state index in [9.17, 15) is 22.4 Å². The molecule has 1 saturated heterocycles. The Labute approximate surface area is 118 Å². The monoisotopic (exact) mass is 306 g/mol. The summed E-state index contributed by atoms with van der Waals surface area (Å²) in [4.78, 5) is 11.6. The van der Waals surface area contributed by atoms with E-state index >= 15 is 0 Å². The molecule has 1 fully saturated rings. The fraction of sp³-hybridized carbons (Fsp3) is 0.462. The zero-order valence-corrected chi connectivity index (χ0v) is 11.2. The maximum atomic E-state index is 13.1. The molecule has 2 rings (SSSR count). The van der Waals surface area contributed by atoms with Gasteiger partial charge in [0.05, 0.1) is 11.2 Å². The molecule has 0 spiro atoms. The minimum absolute atomic E-state index is 0.130. The summed E-state index contributed by atoms with van der Waals surface area (Å²) in [5.74, 6) is -1.98. The molecule has 0 radical (unpaired) electrons. The molecule has 0 bridgehead atoms. The molecular formula is C13H14F4N2O2. The minimum atomic E-state index is -4.81. The fourth-order valence-electron chi connectivity index (χ4n) is 1.84. The van der Waals surface area contributed by atoms with Crippen molar-refractivity contribution in [1.29, 1.82) is 0 Å². The second kappa shape index (κ2) is 5.61. The average molecular weight is 306 g/mol. The smallest absolute Gasteiger partial charge is 0.363 e. The van der Waals surface area contributed by atoms with Crippen molar-refractivity contribution in [2.75, 3.05) is 25.0 Å². The third-order valence-corrected chi connectivity index (χ3v) is 3.11. The van der Waals surface area contributed by atoms with Gasteiger partial charge in [-0.1, -0.05) is 0 Å². The molecule has 1 amide bonds. The van der Waals surface area contributed by atoms with Crippen LogP contribution in [-0.2, 0) is 15.7 Å². The van der Waals surface area contributed by atoms with Crippen molar-refractivity contribution in [2.24, 2.45) is 0 Å². The number of halogens is 4. The topological polar surface area (TPSA) is 50.4 Å². The maximum Gasteiger partial charge on any atom is 0.419 e. The molecule has 2 N–H and O–H groups in total. The van der Waals surface area contributed by atoms with E-state index in [0.717, 1.165) is 6.07 Å². The van der Waals surface area contributed by atoms with E-state index in [4.69, 9.17) is 4.74 Å². The standard InChI is InChI=1S/C13H14F4N2O2/c1-12(6-18-7-12)21-5-11(20)19-8-2-3-10(14)9(4-8)13(15,16)17/h2-4,18H,5-7H2,1H3,(H,19,20). The molecule has 21 heavy (non-hydrogen) atoms. The molecular weight excluding hydrogens is 292 g/mol. The van der Waals surface area contributed by atoms with Crippen molar-refractivity contribution >= 4 is 11.6 Å².